The summed E-state index contributed by atoms with van der Waals surface area (Å²) in [6.07, 6.45) is 0.821. The predicted molar refractivity (Wildman–Crippen MR) is 108 cm³/mol. The highest BCUT2D eigenvalue weighted by Crippen LogP contribution is 2.19. The zero-order chi connectivity index (χ0) is 18.9. The molecular weight excluding hydrogens is 338 g/mol. The molecule has 1 N–H and O–H groups in total. The van der Waals surface area contributed by atoms with Gasteiger partial charge in [0.1, 0.15) is 11.5 Å². The first-order chi connectivity index (χ1) is 13.2. The van der Waals surface area contributed by atoms with Crippen LogP contribution in [0.25, 0.3) is 0 Å². The lowest BCUT2D eigenvalue weighted by atomic mass is 10.1. The van der Waals surface area contributed by atoms with Crippen LogP contribution in [0.1, 0.15) is 22.8 Å². The molecule has 3 rings (SSSR count). The van der Waals surface area contributed by atoms with E-state index < -0.39 is 0 Å². The normalized spacial score (nSPS) is 10.3. The molecule has 0 aliphatic carbocycles. The first-order valence-electron chi connectivity index (χ1n) is 9.05. The van der Waals surface area contributed by atoms with E-state index in [4.69, 9.17) is 9.47 Å². The van der Waals surface area contributed by atoms with Gasteiger partial charge in [0.25, 0.3) is 5.91 Å². The van der Waals surface area contributed by atoms with E-state index in [1.54, 1.807) is 12.1 Å². The summed E-state index contributed by atoms with van der Waals surface area (Å²) in [5.74, 6) is 1.23. The molecule has 4 heteroatoms. The maximum absolute atomic E-state index is 12.5. The van der Waals surface area contributed by atoms with Gasteiger partial charge in [-0.1, -0.05) is 42.5 Å². The largest absolute Gasteiger partial charge is 0.494 e. The van der Waals surface area contributed by atoms with Gasteiger partial charge in [-0.15, -0.1) is 0 Å². The lowest BCUT2D eigenvalue weighted by molar-refractivity contribution is 0.102. The molecule has 0 bridgehead atoms. The number of anilines is 1. The third-order valence-corrected chi connectivity index (χ3v) is 4.00. The number of rotatable bonds is 8. The van der Waals surface area contributed by atoms with Crippen LogP contribution in [-0.2, 0) is 6.42 Å². The molecule has 0 aliphatic rings. The number of amides is 1. The molecule has 0 aromatic heterocycles. The van der Waals surface area contributed by atoms with Gasteiger partial charge in [-0.2, -0.15) is 0 Å². The van der Waals surface area contributed by atoms with Crippen LogP contribution >= 0.6 is 0 Å². The Hall–Kier alpha value is -3.27. The number of hydrogen-bond donors (Lipinski definition) is 1. The van der Waals surface area contributed by atoms with Crippen molar-refractivity contribution in [3.8, 4) is 11.5 Å². The van der Waals surface area contributed by atoms with Gasteiger partial charge < -0.3 is 14.8 Å². The Labute approximate surface area is 159 Å². The number of hydrogen-bond acceptors (Lipinski definition) is 3. The Balaban J connectivity index is 1.59. The molecule has 0 spiro atoms. The Kier molecular flexibility index (Phi) is 6.47. The fourth-order valence-corrected chi connectivity index (χ4v) is 2.69. The molecule has 138 valence electrons. The van der Waals surface area contributed by atoms with Crippen molar-refractivity contribution in [3.63, 3.8) is 0 Å². The van der Waals surface area contributed by atoms with E-state index in [9.17, 15) is 4.79 Å². The van der Waals surface area contributed by atoms with Gasteiger partial charge >= 0.3 is 0 Å². The van der Waals surface area contributed by atoms with Crippen LogP contribution in [0.4, 0.5) is 5.69 Å². The number of nitrogens with one attached hydrogen (secondary N) is 1. The van der Waals surface area contributed by atoms with Crippen molar-refractivity contribution >= 4 is 11.6 Å². The summed E-state index contributed by atoms with van der Waals surface area (Å²) in [5, 5.41) is 2.89. The number of carbonyl (C=O) groups is 1. The summed E-state index contributed by atoms with van der Waals surface area (Å²) in [4.78, 5) is 12.5. The zero-order valence-electron chi connectivity index (χ0n) is 15.4. The van der Waals surface area contributed by atoms with Crippen LogP contribution in [-0.4, -0.2) is 19.1 Å². The molecule has 0 fully saturated rings. The molecule has 0 radical (unpaired) electrons. The standard InChI is InChI=1S/C23H23NO3/c1-2-26-22-13-7-11-20(17-22)24-23(25)19-10-6-12-21(16-19)27-15-14-18-8-4-3-5-9-18/h3-13,16-17H,2,14-15H2,1H3,(H,24,25). The Morgan fingerprint density at radius 3 is 2.37 bits per heavy atom. The van der Waals surface area contributed by atoms with Crippen molar-refractivity contribution in [1.29, 1.82) is 0 Å². The van der Waals surface area contributed by atoms with E-state index in [0.717, 1.165) is 12.2 Å². The molecule has 3 aromatic carbocycles. The summed E-state index contributed by atoms with van der Waals surface area (Å²) < 4.78 is 11.3. The third-order valence-electron chi connectivity index (χ3n) is 4.00. The van der Waals surface area contributed by atoms with Gasteiger partial charge in [-0.3, -0.25) is 4.79 Å². The van der Waals surface area contributed by atoms with Gasteiger partial charge in [0.15, 0.2) is 0 Å². The van der Waals surface area contributed by atoms with E-state index in [1.165, 1.54) is 5.56 Å². The average Bonchev–Trinajstić information content (AvgIpc) is 2.70. The Morgan fingerprint density at radius 1 is 0.852 bits per heavy atom. The molecule has 0 unspecified atom stereocenters. The molecule has 3 aromatic rings. The van der Waals surface area contributed by atoms with Gasteiger partial charge in [-0.25, -0.2) is 0 Å². The minimum absolute atomic E-state index is 0.183. The van der Waals surface area contributed by atoms with E-state index >= 15 is 0 Å². The van der Waals surface area contributed by atoms with Crippen LogP contribution in [0, 0.1) is 0 Å². The Morgan fingerprint density at radius 2 is 1.59 bits per heavy atom. The highest BCUT2D eigenvalue weighted by molar-refractivity contribution is 6.04. The molecule has 0 saturated carbocycles. The topological polar surface area (TPSA) is 47.6 Å². The molecular formula is C23H23NO3. The van der Waals surface area contributed by atoms with Crippen molar-refractivity contribution in [2.45, 2.75) is 13.3 Å². The van der Waals surface area contributed by atoms with Crippen molar-refractivity contribution in [3.05, 3.63) is 90.0 Å². The van der Waals surface area contributed by atoms with E-state index in [1.807, 2.05) is 61.5 Å². The maximum atomic E-state index is 12.5. The lowest BCUT2D eigenvalue weighted by Crippen LogP contribution is -2.12. The first-order valence-corrected chi connectivity index (χ1v) is 9.05. The van der Waals surface area contributed by atoms with Gasteiger partial charge in [-0.05, 0) is 42.8 Å². The van der Waals surface area contributed by atoms with E-state index in [2.05, 4.69) is 17.4 Å². The van der Waals surface area contributed by atoms with Crippen LogP contribution < -0.4 is 14.8 Å². The minimum Gasteiger partial charge on any atom is -0.494 e. The second-order valence-corrected chi connectivity index (χ2v) is 6.03. The number of benzene rings is 3. The van der Waals surface area contributed by atoms with Crippen LogP contribution in [0.3, 0.4) is 0 Å². The summed E-state index contributed by atoms with van der Waals surface area (Å²) in [7, 11) is 0. The fourth-order valence-electron chi connectivity index (χ4n) is 2.69. The molecule has 0 heterocycles. The van der Waals surface area contributed by atoms with Gasteiger partial charge in [0.05, 0.1) is 13.2 Å². The fraction of sp³-hybridized carbons (Fsp3) is 0.174. The second kappa shape index (κ2) is 9.43. The van der Waals surface area contributed by atoms with Crippen molar-refractivity contribution in [2.24, 2.45) is 0 Å². The van der Waals surface area contributed by atoms with Crippen LogP contribution in [0.2, 0.25) is 0 Å². The molecule has 0 aliphatic heterocycles. The molecule has 0 atom stereocenters. The summed E-state index contributed by atoms with van der Waals surface area (Å²) in [6.45, 7) is 3.07. The molecule has 4 nitrogen and oxygen atoms in total. The molecule has 27 heavy (non-hydrogen) atoms. The van der Waals surface area contributed by atoms with Crippen LogP contribution in [0.5, 0.6) is 11.5 Å². The van der Waals surface area contributed by atoms with E-state index in [0.29, 0.717) is 30.2 Å². The smallest absolute Gasteiger partial charge is 0.255 e. The molecule has 1 amide bonds. The van der Waals surface area contributed by atoms with Crippen molar-refractivity contribution in [2.75, 3.05) is 18.5 Å². The number of ether oxygens (including phenoxy) is 2. The predicted octanol–water partition coefficient (Wildman–Crippen LogP) is 4.96. The van der Waals surface area contributed by atoms with Crippen LogP contribution in [0.15, 0.2) is 78.9 Å². The summed E-state index contributed by atoms with van der Waals surface area (Å²) in [6, 6.07) is 24.7. The lowest BCUT2D eigenvalue weighted by Gasteiger charge is -2.10. The zero-order valence-corrected chi connectivity index (χ0v) is 15.4. The number of carbonyl (C=O) groups excluding carboxylic acids is 1. The van der Waals surface area contributed by atoms with Gasteiger partial charge in [0.2, 0.25) is 0 Å². The molecule has 0 saturated heterocycles. The summed E-state index contributed by atoms with van der Waals surface area (Å²) in [5.41, 5.74) is 2.47. The second-order valence-electron chi connectivity index (χ2n) is 6.03. The summed E-state index contributed by atoms with van der Waals surface area (Å²) >= 11 is 0. The van der Waals surface area contributed by atoms with Crippen molar-refractivity contribution in [1.82, 2.24) is 0 Å². The van der Waals surface area contributed by atoms with Gasteiger partial charge in [0, 0.05) is 23.7 Å². The SMILES string of the molecule is CCOc1cccc(NC(=O)c2cccc(OCCc3ccccc3)c2)c1. The average molecular weight is 361 g/mol. The third kappa shape index (κ3) is 5.61. The minimum atomic E-state index is -0.183. The Bertz CT molecular complexity index is 878. The maximum Gasteiger partial charge on any atom is 0.255 e. The quantitative estimate of drug-likeness (QED) is 0.617. The monoisotopic (exact) mass is 361 g/mol. The highest BCUT2D eigenvalue weighted by Gasteiger charge is 2.08. The highest BCUT2D eigenvalue weighted by atomic mass is 16.5. The van der Waals surface area contributed by atoms with E-state index in [-0.39, 0.29) is 5.91 Å². The first kappa shape index (κ1) is 18.5. The van der Waals surface area contributed by atoms with Crippen molar-refractivity contribution < 1.29 is 14.3 Å².